The molecule has 12 N–H and O–H groups in total. The zero-order chi connectivity index (χ0) is 92.2. The molecule has 0 aromatic heterocycles. The minimum Gasteiger partial charge on any atom is -0.493 e. The fourth-order valence-corrected chi connectivity index (χ4v) is 14.2. The number of carbonyl (C=O) groups excluding carboxylic acids is 8. The predicted octanol–water partition coefficient (Wildman–Crippen LogP) is 19.0. The van der Waals surface area contributed by atoms with E-state index >= 15 is 0 Å². The van der Waals surface area contributed by atoms with Gasteiger partial charge in [0.2, 0.25) is 0 Å². The van der Waals surface area contributed by atoms with Crippen LogP contribution in [0.5, 0.6) is 23.0 Å². The van der Waals surface area contributed by atoms with Crippen LogP contribution in [0.25, 0.3) is 70.9 Å². The second kappa shape index (κ2) is 48.9. The highest BCUT2D eigenvalue weighted by molar-refractivity contribution is 6.30. The molecule has 0 bridgehead atoms. The molecule has 0 heterocycles. The molecule has 24 nitrogen and oxygen atoms in total. The molecule has 6 saturated carbocycles. The number of anilines is 2. The van der Waals surface area contributed by atoms with Crippen molar-refractivity contribution in [3.05, 3.63) is 346 Å². The molecule has 676 valence electrons. The van der Waals surface area contributed by atoms with E-state index in [1.165, 1.54) is 75.7 Å². The Hall–Kier alpha value is -15.1. The van der Waals surface area contributed by atoms with E-state index in [1.807, 2.05) is 279 Å². The Morgan fingerprint density at radius 1 is 0.280 bits per heavy atom. The highest BCUT2D eigenvalue weighted by Gasteiger charge is 2.29. The van der Waals surface area contributed by atoms with Gasteiger partial charge in [0.25, 0.3) is 47.3 Å². The van der Waals surface area contributed by atoms with Crippen LogP contribution in [0.3, 0.4) is 0 Å². The fourth-order valence-electron chi connectivity index (χ4n) is 14.2. The van der Waals surface area contributed by atoms with Crippen molar-refractivity contribution in [2.75, 3.05) is 23.8 Å². The number of rotatable bonds is 34. The lowest BCUT2D eigenvalue weighted by atomic mass is 10.0. The van der Waals surface area contributed by atoms with Crippen LogP contribution >= 0.6 is 0 Å². The summed E-state index contributed by atoms with van der Waals surface area (Å²) in [5.41, 5.74) is 19.6. The van der Waals surface area contributed by atoms with Crippen molar-refractivity contribution in [3.8, 4) is 23.0 Å². The van der Waals surface area contributed by atoms with Gasteiger partial charge in [-0.3, -0.25) is 59.2 Å². The molecule has 24 heteroatoms. The van der Waals surface area contributed by atoms with Crippen LogP contribution in [0, 0.1) is 11.8 Å². The molecule has 0 saturated heterocycles. The van der Waals surface area contributed by atoms with E-state index in [9.17, 15) is 38.4 Å². The summed E-state index contributed by atoms with van der Waals surface area (Å²) in [7, 11) is 0. The number of para-hydroxylation sites is 2. The summed E-state index contributed by atoms with van der Waals surface area (Å²) in [4.78, 5) is 97.3. The van der Waals surface area contributed by atoms with Crippen molar-refractivity contribution < 1.29 is 78.1 Å². The van der Waals surface area contributed by atoms with Gasteiger partial charge in [-0.15, -0.1) is 0 Å². The Bertz CT molecular complexity index is 5860. The topological polar surface area (TPSA) is 351 Å². The highest BCUT2D eigenvalue weighted by atomic mass is 16.5. The number of ether oxygens (including phenoxy) is 4. The van der Waals surface area contributed by atoms with E-state index in [2.05, 4.69) is 21.3 Å². The first kappa shape index (κ1) is 94.5. The van der Waals surface area contributed by atoms with Crippen LogP contribution in [0.4, 0.5) is 11.4 Å². The molecular formula is C108H108N8O16. The third kappa shape index (κ3) is 31.7. The SMILES string of the molecule is O=C(/C=C/c1ccc(/C=C(/C(=O)NC2CC2)c2cccc(OC3CCCC3)c2)cc1)NO.O=C(/C=C/c1ccc(/C=C(/C(=O)NC2CC2)c2cccc(OCC3CC3)c2)cc1)NO.O=C(/C=C/c1ccc(/C=C(/C(=O)Nc2ccccc2)c2cccc(OC3CCCC3)c2)cc1)NO.O=C(/C=C/c1ccc(/C=C(/C(=O)Nc2ccccc2)c2cccc(OCC3CC3)c2)cc1)NO. The Kier molecular flexibility index (Phi) is 35.0. The zero-order valence-electron chi connectivity index (χ0n) is 73.1. The molecule has 6 aliphatic carbocycles. The molecule has 0 radical (unpaired) electrons. The molecule has 0 unspecified atom stereocenters. The first-order chi connectivity index (χ1) is 64.4. The summed E-state index contributed by atoms with van der Waals surface area (Å²) >= 11 is 0. The number of amides is 8. The molecule has 6 fully saturated rings. The lowest BCUT2D eigenvalue weighted by Crippen LogP contribution is -2.26. The van der Waals surface area contributed by atoms with E-state index in [1.54, 1.807) is 46.2 Å². The van der Waals surface area contributed by atoms with Crippen molar-refractivity contribution in [3.63, 3.8) is 0 Å². The molecule has 132 heavy (non-hydrogen) atoms. The maximum atomic E-state index is 13.4. The first-order valence-electron chi connectivity index (χ1n) is 44.5. The molecule has 6 aliphatic rings. The van der Waals surface area contributed by atoms with Gasteiger partial charge in [0.05, 0.1) is 25.4 Å². The van der Waals surface area contributed by atoms with Gasteiger partial charge in [-0.1, -0.05) is 182 Å². The van der Waals surface area contributed by atoms with Crippen molar-refractivity contribution in [1.82, 2.24) is 32.6 Å². The van der Waals surface area contributed by atoms with Crippen LogP contribution in [-0.4, -0.2) is 106 Å². The molecule has 8 amide bonds. The van der Waals surface area contributed by atoms with Crippen molar-refractivity contribution >= 4 is 130 Å². The molecule has 0 aliphatic heterocycles. The van der Waals surface area contributed by atoms with Crippen LogP contribution < -0.4 is 62.1 Å². The zero-order valence-corrected chi connectivity index (χ0v) is 73.1. The number of hydrogen-bond acceptors (Lipinski definition) is 16. The Morgan fingerprint density at radius 2 is 0.538 bits per heavy atom. The number of carbonyl (C=O) groups is 8. The van der Waals surface area contributed by atoms with Crippen molar-refractivity contribution in [2.45, 2.75) is 127 Å². The van der Waals surface area contributed by atoms with E-state index in [-0.39, 0.29) is 47.9 Å². The van der Waals surface area contributed by atoms with Gasteiger partial charge in [0.1, 0.15) is 23.0 Å². The lowest BCUT2D eigenvalue weighted by Gasteiger charge is -2.15. The average molecular weight is 1770 g/mol. The molecule has 0 atom stereocenters. The fraction of sp³-hybridized carbons (Fsp3) is 0.222. The normalized spacial score (nSPS) is 15.1. The summed E-state index contributed by atoms with van der Waals surface area (Å²) in [6, 6.07) is 79.6. The maximum absolute atomic E-state index is 13.4. The Labute approximate surface area is 767 Å². The molecule has 10 aromatic carbocycles. The third-order valence-corrected chi connectivity index (χ3v) is 22.2. The number of nitrogens with one attached hydrogen (secondary N) is 8. The van der Waals surface area contributed by atoms with E-state index in [0.717, 1.165) is 148 Å². The van der Waals surface area contributed by atoms with E-state index < -0.39 is 23.6 Å². The van der Waals surface area contributed by atoms with Crippen molar-refractivity contribution in [2.24, 2.45) is 11.8 Å². The standard InChI is InChI=1S/C29H28N2O4.C28H26N2O4.C26H28N2O4.C25H26N2O4/c32-28(31-34)18-17-21-13-15-22(16-14-21)19-27(29(33)30-24-8-2-1-3-9-24)23-7-6-12-26(20-23)35-25-10-4-5-11-25;31-27(30-33)16-15-20-9-11-21(12-10-20)17-26(28(32)29-24-6-2-1-3-7-24)23-5-4-8-25(18-23)34-19-22-13-14-22;29-25(28-31)15-12-18-8-10-19(11-9-18)16-24(26(30)27-21-13-14-21)20-4-3-7-23(17-20)32-22-5-1-2-6-22;28-24(27-30)13-10-17-4-6-18(7-5-17)14-23(25(29)26-21-11-12-21)20-2-1-3-22(15-20)31-16-19-8-9-19/h1-3,6-9,12-20,25,34H,4-5,10-11H2,(H,30,33)(H,31,32);1-12,15-18,22,33H,13-14,19H2,(H,29,32)(H,30,31);3-4,7-12,15-17,21-22,31H,1-2,5-6,13-14H2,(H,27,30)(H,28,29);1-7,10,13-15,19,21,30H,8-9,11-12,16H2,(H,26,29)(H,27,28)/b18-17+,27-19+;16-15+,26-17+;15-12+,24-16+;13-10+,23-14+. The van der Waals surface area contributed by atoms with E-state index in [0.29, 0.717) is 52.1 Å². The summed E-state index contributed by atoms with van der Waals surface area (Å²) in [5, 5.41) is 46.5. The van der Waals surface area contributed by atoms with Crippen LogP contribution in [0.2, 0.25) is 0 Å². The van der Waals surface area contributed by atoms with Gasteiger partial charge in [0, 0.05) is 70.1 Å². The Balaban J connectivity index is 0.000000150. The smallest absolute Gasteiger partial charge is 0.267 e. The van der Waals surface area contributed by atoms with Gasteiger partial charge in [-0.25, -0.2) is 21.9 Å². The molecular weight excluding hydrogens is 1670 g/mol. The first-order valence-corrected chi connectivity index (χ1v) is 44.5. The second-order valence-corrected chi connectivity index (χ2v) is 32.9. The van der Waals surface area contributed by atoms with Crippen molar-refractivity contribution in [1.29, 1.82) is 0 Å². The number of benzene rings is 10. The van der Waals surface area contributed by atoms with Crippen LogP contribution in [-0.2, 0) is 38.4 Å². The number of hydrogen-bond donors (Lipinski definition) is 12. The third-order valence-electron chi connectivity index (χ3n) is 22.2. The van der Waals surface area contributed by atoms with Crippen LogP contribution in [0.1, 0.15) is 169 Å². The minimum absolute atomic E-state index is 0.0888. The van der Waals surface area contributed by atoms with Gasteiger partial charge < -0.3 is 40.2 Å². The van der Waals surface area contributed by atoms with Gasteiger partial charge >= 0.3 is 0 Å². The number of hydroxylamine groups is 4. The maximum Gasteiger partial charge on any atom is 0.267 e. The monoisotopic (exact) mass is 1770 g/mol. The summed E-state index contributed by atoms with van der Waals surface area (Å²) in [5.74, 6) is 1.34. The molecule has 0 spiro atoms. The summed E-state index contributed by atoms with van der Waals surface area (Å²) in [6.07, 6.45) is 37.2. The van der Waals surface area contributed by atoms with Gasteiger partial charge in [-0.05, 0) is 303 Å². The van der Waals surface area contributed by atoms with Gasteiger partial charge in [-0.2, -0.15) is 0 Å². The second-order valence-electron chi connectivity index (χ2n) is 32.9. The quantitative estimate of drug-likeness (QED) is 0.00771. The molecule has 10 aromatic rings. The Morgan fingerprint density at radius 3 is 0.803 bits per heavy atom. The molecule has 16 rings (SSSR count). The van der Waals surface area contributed by atoms with Gasteiger partial charge in [0.15, 0.2) is 0 Å². The largest absolute Gasteiger partial charge is 0.493 e. The predicted molar refractivity (Wildman–Crippen MR) is 514 cm³/mol. The summed E-state index contributed by atoms with van der Waals surface area (Å²) in [6.45, 7) is 1.42. The van der Waals surface area contributed by atoms with E-state index in [4.69, 9.17) is 39.8 Å². The van der Waals surface area contributed by atoms with Crippen LogP contribution in [0.15, 0.2) is 279 Å². The lowest BCUT2D eigenvalue weighted by molar-refractivity contribution is -0.124. The highest BCUT2D eigenvalue weighted by Crippen LogP contribution is 2.36. The summed E-state index contributed by atoms with van der Waals surface area (Å²) < 4.78 is 24.1. The minimum atomic E-state index is -0.604. The average Bonchev–Trinajstić information content (AvgIpc) is 1.36.